The Morgan fingerprint density at radius 2 is 1.92 bits per heavy atom. The van der Waals surface area contributed by atoms with Gasteiger partial charge >= 0.3 is 5.00 Å². The van der Waals surface area contributed by atoms with Crippen LogP contribution >= 0.6 is 11.3 Å². The SMILES string of the molecule is N#Cc1ccc(CN2CCCN(C(=O)c3ccc([N+](=O)[O-])s3)CC2)cc1. The van der Waals surface area contributed by atoms with Crippen LogP contribution in [0.4, 0.5) is 5.00 Å². The second-order valence-corrected chi connectivity index (χ2v) is 7.19. The quantitative estimate of drug-likeness (QED) is 0.610. The fraction of sp³-hybridized carbons (Fsp3) is 0.333. The van der Waals surface area contributed by atoms with Gasteiger partial charge in [-0.25, -0.2) is 0 Å². The van der Waals surface area contributed by atoms with Crippen LogP contribution < -0.4 is 0 Å². The van der Waals surface area contributed by atoms with E-state index in [1.165, 1.54) is 12.1 Å². The van der Waals surface area contributed by atoms with Crippen molar-refractivity contribution in [3.63, 3.8) is 0 Å². The molecule has 0 aliphatic carbocycles. The minimum atomic E-state index is -0.469. The Morgan fingerprint density at radius 3 is 2.58 bits per heavy atom. The molecule has 1 aromatic carbocycles. The van der Waals surface area contributed by atoms with E-state index in [4.69, 9.17) is 5.26 Å². The highest BCUT2D eigenvalue weighted by Crippen LogP contribution is 2.25. The van der Waals surface area contributed by atoms with Crippen molar-refractivity contribution in [2.24, 2.45) is 0 Å². The maximum Gasteiger partial charge on any atom is 0.324 e. The molecule has 0 atom stereocenters. The van der Waals surface area contributed by atoms with Crippen molar-refractivity contribution in [2.75, 3.05) is 26.2 Å². The van der Waals surface area contributed by atoms with Gasteiger partial charge in [0.15, 0.2) is 0 Å². The monoisotopic (exact) mass is 370 g/mol. The van der Waals surface area contributed by atoms with E-state index in [9.17, 15) is 14.9 Å². The van der Waals surface area contributed by atoms with Gasteiger partial charge in [-0.2, -0.15) is 5.26 Å². The van der Waals surface area contributed by atoms with Gasteiger partial charge in [0.05, 0.1) is 21.4 Å². The molecule has 0 N–H and O–H groups in total. The maximum absolute atomic E-state index is 12.6. The van der Waals surface area contributed by atoms with Crippen LogP contribution in [0.3, 0.4) is 0 Å². The van der Waals surface area contributed by atoms with E-state index in [-0.39, 0.29) is 10.9 Å². The molecule has 0 bridgehead atoms. The van der Waals surface area contributed by atoms with Gasteiger partial charge < -0.3 is 4.90 Å². The third-order valence-electron chi connectivity index (χ3n) is 4.35. The highest BCUT2D eigenvalue weighted by molar-refractivity contribution is 7.17. The Labute approximate surface area is 155 Å². The second-order valence-electron chi connectivity index (χ2n) is 6.13. The fourth-order valence-electron chi connectivity index (χ4n) is 2.97. The van der Waals surface area contributed by atoms with Gasteiger partial charge in [0.2, 0.25) is 0 Å². The lowest BCUT2D eigenvalue weighted by atomic mass is 10.1. The number of nitro groups is 1. The Morgan fingerprint density at radius 1 is 1.15 bits per heavy atom. The molecule has 1 amide bonds. The van der Waals surface area contributed by atoms with E-state index in [1.807, 2.05) is 24.3 Å². The number of hydrogen-bond acceptors (Lipinski definition) is 6. The van der Waals surface area contributed by atoms with Gasteiger partial charge in [0, 0.05) is 38.8 Å². The second kappa shape index (κ2) is 8.08. The number of benzene rings is 1. The molecule has 2 aromatic rings. The summed E-state index contributed by atoms with van der Waals surface area (Å²) in [4.78, 5) is 27.4. The van der Waals surface area contributed by atoms with E-state index >= 15 is 0 Å². The summed E-state index contributed by atoms with van der Waals surface area (Å²) in [6.07, 6.45) is 0.857. The van der Waals surface area contributed by atoms with Crippen LogP contribution in [0.1, 0.15) is 27.2 Å². The van der Waals surface area contributed by atoms with Crippen LogP contribution in [0, 0.1) is 21.4 Å². The van der Waals surface area contributed by atoms with E-state index in [1.54, 1.807) is 4.90 Å². The first-order valence-electron chi connectivity index (χ1n) is 8.32. The highest BCUT2D eigenvalue weighted by atomic mass is 32.1. The number of carbonyl (C=O) groups excluding carboxylic acids is 1. The zero-order chi connectivity index (χ0) is 18.5. The molecule has 0 saturated carbocycles. The van der Waals surface area contributed by atoms with Gasteiger partial charge in [0.25, 0.3) is 5.91 Å². The third-order valence-corrected chi connectivity index (χ3v) is 5.37. The molecule has 0 spiro atoms. The van der Waals surface area contributed by atoms with Crippen molar-refractivity contribution in [2.45, 2.75) is 13.0 Å². The van der Waals surface area contributed by atoms with Crippen LogP contribution in [0.25, 0.3) is 0 Å². The molecule has 3 rings (SSSR count). The van der Waals surface area contributed by atoms with Gasteiger partial charge in [0.1, 0.15) is 0 Å². The summed E-state index contributed by atoms with van der Waals surface area (Å²) in [6.45, 7) is 3.65. The van der Waals surface area contributed by atoms with E-state index in [0.29, 0.717) is 23.5 Å². The number of nitriles is 1. The van der Waals surface area contributed by atoms with Gasteiger partial charge in [-0.3, -0.25) is 19.8 Å². The summed E-state index contributed by atoms with van der Waals surface area (Å²) in [7, 11) is 0. The molecular weight excluding hydrogens is 352 g/mol. The third kappa shape index (κ3) is 4.25. The fourth-order valence-corrected chi connectivity index (χ4v) is 3.76. The average molecular weight is 370 g/mol. The predicted octanol–water partition coefficient (Wildman–Crippen LogP) is 2.88. The lowest BCUT2D eigenvalue weighted by molar-refractivity contribution is -0.380. The molecule has 134 valence electrons. The molecule has 26 heavy (non-hydrogen) atoms. The van der Waals surface area contributed by atoms with Crippen molar-refractivity contribution in [1.29, 1.82) is 5.26 Å². The van der Waals surface area contributed by atoms with E-state index < -0.39 is 4.92 Å². The molecule has 2 heterocycles. The van der Waals surface area contributed by atoms with E-state index in [2.05, 4.69) is 11.0 Å². The maximum atomic E-state index is 12.6. The Bertz CT molecular complexity index is 841. The topological polar surface area (TPSA) is 90.5 Å². The predicted molar refractivity (Wildman–Crippen MR) is 97.9 cm³/mol. The summed E-state index contributed by atoms with van der Waals surface area (Å²) in [6, 6.07) is 12.6. The highest BCUT2D eigenvalue weighted by Gasteiger charge is 2.23. The van der Waals surface area contributed by atoms with Gasteiger partial charge in [-0.05, 0) is 30.2 Å². The van der Waals surface area contributed by atoms with E-state index in [0.717, 1.165) is 43.0 Å². The Kier molecular flexibility index (Phi) is 5.61. The molecule has 1 aliphatic rings. The largest absolute Gasteiger partial charge is 0.337 e. The van der Waals surface area contributed by atoms with Gasteiger partial charge in [-0.1, -0.05) is 23.5 Å². The molecule has 0 unspecified atom stereocenters. The minimum absolute atomic E-state index is 0.00869. The van der Waals surface area contributed by atoms with Crippen LogP contribution in [-0.4, -0.2) is 46.8 Å². The zero-order valence-electron chi connectivity index (χ0n) is 14.1. The first-order chi connectivity index (χ1) is 12.6. The number of amides is 1. The normalized spacial score (nSPS) is 15.3. The summed E-state index contributed by atoms with van der Waals surface area (Å²) in [5, 5.41) is 19.6. The number of thiophene rings is 1. The van der Waals surface area contributed by atoms with Crippen molar-refractivity contribution in [3.05, 3.63) is 62.5 Å². The first-order valence-corrected chi connectivity index (χ1v) is 9.13. The molecular formula is C18H18N4O3S. The lowest BCUT2D eigenvalue weighted by Gasteiger charge is -2.21. The van der Waals surface area contributed by atoms with Gasteiger partial charge in [-0.15, -0.1) is 0 Å². The summed E-state index contributed by atoms with van der Waals surface area (Å²) in [5.74, 6) is -0.136. The van der Waals surface area contributed by atoms with Crippen molar-refractivity contribution in [1.82, 2.24) is 9.80 Å². The van der Waals surface area contributed by atoms with Crippen LogP contribution in [0.5, 0.6) is 0 Å². The average Bonchev–Trinajstić information content (AvgIpc) is 3.04. The number of carbonyl (C=O) groups is 1. The molecule has 0 radical (unpaired) electrons. The standard InChI is InChI=1S/C18H18N4O3S/c19-12-14-2-4-15(5-3-14)13-20-8-1-9-21(11-10-20)18(23)16-6-7-17(26-16)22(24)25/h2-7H,1,8-11,13H2. The molecule has 1 saturated heterocycles. The summed E-state index contributed by atoms with van der Waals surface area (Å²) < 4.78 is 0. The molecule has 8 heteroatoms. The zero-order valence-corrected chi connectivity index (χ0v) is 14.9. The van der Waals surface area contributed by atoms with Crippen LogP contribution in [-0.2, 0) is 6.54 Å². The molecule has 1 aliphatic heterocycles. The summed E-state index contributed by atoms with van der Waals surface area (Å²) >= 11 is 0.926. The number of nitrogens with zero attached hydrogens (tertiary/aromatic N) is 4. The Hall–Kier alpha value is -2.76. The smallest absolute Gasteiger partial charge is 0.324 e. The number of hydrogen-bond donors (Lipinski definition) is 0. The molecule has 1 fully saturated rings. The summed E-state index contributed by atoms with van der Waals surface area (Å²) in [5.41, 5.74) is 1.78. The van der Waals surface area contributed by atoms with Crippen LogP contribution in [0.15, 0.2) is 36.4 Å². The van der Waals surface area contributed by atoms with Crippen molar-refractivity contribution < 1.29 is 9.72 Å². The van der Waals surface area contributed by atoms with Crippen molar-refractivity contribution >= 4 is 22.2 Å². The molecule has 7 nitrogen and oxygen atoms in total. The molecule has 1 aromatic heterocycles. The number of rotatable bonds is 4. The first kappa shape index (κ1) is 18.0. The van der Waals surface area contributed by atoms with Crippen LogP contribution in [0.2, 0.25) is 0 Å². The minimum Gasteiger partial charge on any atom is -0.337 e. The lowest BCUT2D eigenvalue weighted by Crippen LogP contribution is -2.34. The van der Waals surface area contributed by atoms with Crippen molar-refractivity contribution in [3.8, 4) is 6.07 Å². The Balaban J connectivity index is 1.59.